The minimum atomic E-state index is 0.409. The topological polar surface area (TPSA) is 67.4 Å². The van der Waals surface area contributed by atoms with Crippen molar-refractivity contribution in [1.82, 2.24) is 19.7 Å². The molecule has 0 atom stereocenters. The fourth-order valence-electron chi connectivity index (χ4n) is 1.95. The Balaban J connectivity index is 1.89. The van der Waals surface area contributed by atoms with E-state index >= 15 is 0 Å². The fraction of sp³-hybridized carbons (Fsp3) is 0.286. The molecule has 0 bridgehead atoms. The zero-order chi connectivity index (χ0) is 13.9. The molecule has 2 aromatic rings. The molecule has 0 amide bonds. The molecule has 1 aliphatic rings. The molecular weight excluding hydrogens is 270 g/mol. The van der Waals surface area contributed by atoms with E-state index in [2.05, 4.69) is 26.3 Å². The van der Waals surface area contributed by atoms with Crippen molar-refractivity contribution in [2.45, 2.75) is 35.5 Å². The second-order valence-corrected chi connectivity index (χ2v) is 5.58. The van der Waals surface area contributed by atoms with Crippen molar-refractivity contribution in [3.05, 3.63) is 42.4 Å². The van der Waals surface area contributed by atoms with Crippen LogP contribution < -0.4 is 0 Å². The molecule has 1 saturated carbocycles. The number of nitrogens with zero attached hydrogens (tertiary/aromatic N) is 5. The minimum Gasteiger partial charge on any atom is -0.302 e. The number of allylic oxidation sites excluding steroid dienone is 1. The molecule has 0 spiro atoms. The van der Waals surface area contributed by atoms with Gasteiger partial charge in [0.2, 0.25) is 0 Å². The number of pyridine rings is 1. The van der Waals surface area contributed by atoms with Gasteiger partial charge in [-0.1, -0.05) is 12.1 Å². The third-order valence-corrected chi connectivity index (χ3v) is 3.95. The van der Waals surface area contributed by atoms with E-state index in [1.54, 1.807) is 6.07 Å². The van der Waals surface area contributed by atoms with E-state index in [-0.39, 0.29) is 0 Å². The Labute approximate surface area is 121 Å². The summed E-state index contributed by atoms with van der Waals surface area (Å²) in [6.07, 6.45) is 4.21. The highest BCUT2D eigenvalue weighted by Crippen LogP contribution is 2.40. The van der Waals surface area contributed by atoms with Gasteiger partial charge in [0.25, 0.3) is 0 Å². The van der Waals surface area contributed by atoms with Crippen molar-refractivity contribution < 1.29 is 0 Å². The molecule has 0 aliphatic heterocycles. The number of rotatable bonds is 5. The van der Waals surface area contributed by atoms with Crippen LogP contribution in [0.5, 0.6) is 0 Å². The smallest absolute Gasteiger partial charge is 0.197 e. The lowest BCUT2D eigenvalue weighted by atomic mass is 10.4. The average molecular weight is 283 g/mol. The first-order chi connectivity index (χ1) is 9.81. The summed E-state index contributed by atoms with van der Waals surface area (Å²) in [4.78, 5) is 4.25. The largest absolute Gasteiger partial charge is 0.302 e. The van der Waals surface area contributed by atoms with Crippen LogP contribution in [0.2, 0.25) is 0 Å². The van der Waals surface area contributed by atoms with Gasteiger partial charge in [0.15, 0.2) is 5.16 Å². The Bertz CT molecular complexity index is 681. The highest BCUT2D eigenvalue weighted by atomic mass is 32.2. The third kappa shape index (κ3) is 2.58. The minimum absolute atomic E-state index is 0.409. The normalized spacial score (nSPS) is 13.9. The van der Waals surface area contributed by atoms with Crippen LogP contribution in [0.1, 0.15) is 30.3 Å². The summed E-state index contributed by atoms with van der Waals surface area (Å²) >= 11 is 1.43. The summed E-state index contributed by atoms with van der Waals surface area (Å²) in [6, 6.07) is 7.43. The maximum atomic E-state index is 8.88. The van der Waals surface area contributed by atoms with E-state index in [1.807, 2.05) is 24.3 Å². The lowest BCUT2D eigenvalue weighted by molar-refractivity contribution is 0.681. The van der Waals surface area contributed by atoms with E-state index in [9.17, 15) is 0 Å². The molecule has 0 radical (unpaired) electrons. The summed E-state index contributed by atoms with van der Waals surface area (Å²) < 4.78 is 2.08. The van der Waals surface area contributed by atoms with Crippen LogP contribution in [0.15, 0.2) is 41.0 Å². The van der Waals surface area contributed by atoms with Crippen LogP contribution in [-0.4, -0.2) is 19.7 Å². The van der Waals surface area contributed by atoms with E-state index in [0.29, 0.717) is 18.2 Å². The van der Waals surface area contributed by atoms with E-state index < -0.39 is 0 Å². The van der Waals surface area contributed by atoms with Crippen molar-refractivity contribution in [1.29, 1.82) is 5.26 Å². The van der Waals surface area contributed by atoms with Crippen molar-refractivity contribution >= 4 is 11.8 Å². The molecule has 20 heavy (non-hydrogen) atoms. The van der Waals surface area contributed by atoms with E-state index in [1.165, 1.54) is 24.6 Å². The van der Waals surface area contributed by atoms with Crippen LogP contribution in [0.25, 0.3) is 0 Å². The molecule has 2 heterocycles. The van der Waals surface area contributed by atoms with Crippen LogP contribution in [0.3, 0.4) is 0 Å². The first-order valence-corrected chi connectivity index (χ1v) is 7.22. The van der Waals surface area contributed by atoms with Gasteiger partial charge in [0.05, 0.1) is 0 Å². The highest BCUT2D eigenvalue weighted by molar-refractivity contribution is 7.99. The number of aromatic nitrogens is 4. The van der Waals surface area contributed by atoms with E-state index in [0.717, 1.165) is 16.0 Å². The van der Waals surface area contributed by atoms with E-state index in [4.69, 9.17) is 5.26 Å². The van der Waals surface area contributed by atoms with Gasteiger partial charge in [-0.25, -0.2) is 4.98 Å². The number of hydrogen-bond donors (Lipinski definition) is 0. The first-order valence-electron chi connectivity index (χ1n) is 6.41. The lowest BCUT2D eigenvalue weighted by Gasteiger charge is -2.06. The quantitative estimate of drug-likeness (QED) is 0.789. The van der Waals surface area contributed by atoms with Gasteiger partial charge in [0.1, 0.15) is 22.6 Å². The molecule has 5 nitrogen and oxygen atoms in total. The second kappa shape index (κ2) is 5.47. The summed E-state index contributed by atoms with van der Waals surface area (Å²) in [6.45, 7) is 4.48. The summed E-state index contributed by atoms with van der Waals surface area (Å²) in [7, 11) is 0. The van der Waals surface area contributed by atoms with Crippen molar-refractivity contribution in [2.24, 2.45) is 0 Å². The first kappa shape index (κ1) is 12.9. The van der Waals surface area contributed by atoms with Gasteiger partial charge < -0.3 is 4.57 Å². The predicted molar refractivity (Wildman–Crippen MR) is 75.3 cm³/mol. The maximum absolute atomic E-state index is 8.88. The Hall–Kier alpha value is -2.13. The molecule has 0 aromatic carbocycles. The zero-order valence-corrected chi connectivity index (χ0v) is 11.7. The molecule has 1 fully saturated rings. The van der Waals surface area contributed by atoms with Gasteiger partial charge in [-0.3, -0.25) is 0 Å². The van der Waals surface area contributed by atoms with Gasteiger partial charge in [0, 0.05) is 12.5 Å². The monoisotopic (exact) mass is 283 g/mol. The van der Waals surface area contributed by atoms with Crippen molar-refractivity contribution in [2.75, 3.05) is 0 Å². The van der Waals surface area contributed by atoms with Gasteiger partial charge in [-0.15, -0.1) is 16.8 Å². The SMILES string of the molecule is C=CCn1c(Sc2cccc(C#N)n2)nnc1C1CC1. The lowest BCUT2D eigenvalue weighted by Crippen LogP contribution is -2.02. The Morgan fingerprint density at radius 3 is 3.00 bits per heavy atom. The standard InChI is InChI=1S/C14H13N5S/c1-2-8-19-13(10-6-7-10)17-18-14(19)20-12-5-3-4-11(9-15)16-12/h2-5,10H,1,6-8H2. The third-order valence-electron chi connectivity index (χ3n) is 3.03. The molecule has 6 heteroatoms. The number of nitriles is 1. The second-order valence-electron chi connectivity index (χ2n) is 4.59. The van der Waals surface area contributed by atoms with Crippen LogP contribution >= 0.6 is 11.8 Å². The summed E-state index contributed by atoms with van der Waals surface area (Å²) in [5, 5.41) is 19.0. The average Bonchev–Trinajstić information content (AvgIpc) is 3.24. The summed E-state index contributed by atoms with van der Waals surface area (Å²) in [5.41, 5.74) is 0.409. The van der Waals surface area contributed by atoms with Gasteiger partial charge >= 0.3 is 0 Å². The molecular formula is C14H13N5S. The van der Waals surface area contributed by atoms with Crippen molar-refractivity contribution in [3.8, 4) is 6.07 Å². The molecule has 2 aromatic heterocycles. The maximum Gasteiger partial charge on any atom is 0.197 e. The molecule has 1 aliphatic carbocycles. The zero-order valence-electron chi connectivity index (χ0n) is 10.9. The van der Waals surface area contributed by atoms with Gasteiger partial charge in [-0.05, 0) is 36.7 Å². The Kier molecular flexibility index (Phi) is 3.52. The van der Waals surface area contributed by atoms with Gasteiger partial charge in [-0.2, -0.15) is 5.26 Å². The molecule has 0 N–H and O–H groups in total. The van der Waals surface area contributed by atoms with Crippen LogP contribution in [-0.2, 0) is 6.54 Å². The summed E-state index contributed by atoms with van der Waals surface area (Å²) in [5.74, 6) is 1.57. The number of hydrogen-bond acceptors (Lipinski definition) is 5. The predicted octanol–water partition coefficient (Wildman–Crippen LogP) is 2.76. The van der Waals surface area contributed by atoms with Crippen LogP contribution in [0, 0.1) is 11.3 Å². The Morgan fingerprint density at radius 1 is 1.45 bits per heavy atom. The fourth-order valence-corrected chi connectivity index (χ4v) is 2.78. The molecule has 3 rings (SSSR count). The highest BCUT2D eigenvalue weighted by Gasteiger charge is 2.30. The Morgan fingerprint density at radius 2 is 2.30 bits per heavy atom. The molecule has 100 valence electrons. The molecule has 0 unspecified atom stereocenters. The van der Waals surface area contributed by atoms with Crippen molar-refractivity contribution in [3.63, 3.8) is 0 Å². The van der Waals surface area contributed by atoms with Crippen LogP contribution in [0.4, 0.5) is 0 Å². The molecule has 0 saturated heterocycles.